The van der Waals surface area contributed by atoms with Gasteiger partial charge in [-0.15, -0.1) is 11.3 Å². The highest BCUT2D eigenvalue weighted by molar-refractivity contribution is 9.11. The monoisotopic (exact) mass is 365 g/mol. The summed E-state index contributed by atoms with van der Waals surface area (Å²) in [5, 5.41) is 11.8. The molecule has 6 heteroatoms. The number of carbonyl (C=O) groups is 2. The number of amides is 1. The van der Waals surface area contributed by atoms with Gasteiger partial charge in [0, 0.05) is 11.0 Å². The first-order chi connectivity index (χ1) is 9.97. The quantitative estimate of drug-likeness (QED) is 0.799. The van der Waals surface area contributed by atoms with E-state index in [1.807, 2.05) is 12.1 Å². The number of aromatic carboxylic acids is 1. The lowest BCUT2D eigenvalue weighted by Crippen LogP contribution is -2.13. The smallest absolute Gasteiger partial charge is 0.337 e. The van der Waals surface area contributed by atoms with Crippen LogP contribution in [-0.2, 0) is 4.79 Å². The minimum absolute atomic E-state index is 0.0793. The van der Waals surface area contributed by atoms with Gasteiger partial charge in [0.2, 0.25) is 5.91 Å². The summed E-state index contributed by atoms with van der Waals surface area (Å²) in [4.78, 5) is 24.0. The number of benzene rings is 1. The molecule has 0 aliphatic carbocycles. The van der Waals surface area contributed by atoms with Crippen molar-refractivity contribution in [3.8, 4) is 0 Å². The van der Waals surface area contributed by atoms with Crippen LogP contribution in [0.2, 0.25) is 0 Å². The van der Waals surface area contributed by atoms with Crippen molar-refractivity contribution in [1.29, 1.82) is 0 Å². The number of hydrogen-bond acceptors (Lipinski definition) is 3. The van der Waals surface area contributed by atoms with Crippen LogP contribution in [0.5, 0.6) is 0 Å². The Kier molecular flexibility index (Phi) is 4.93. The molecule has 0 fully saturated rings. The molecular formula is C15H12BrNO3S. The van der Waals surface area contributed by atoms with Crippen molar-refractivity contribution in [3.05, 3.63) is 56.2 Å². The molecule has 0 unspecified atom stereocenters. The summed E-state index contributed by atoms with van der Waals surface area (Å²) in [5.41, 5.74) is 1.11. The zero-order chi connectivity index (χ0) is 15.4. The lowest BCUT2D eigenvalue weighted by atomic mass is 10.1. The van der Waals surface area contributed by atoms with Gasteiger partial charge in [-0.2, -0.15) is 0 Å². The first kappa shape index (κ1) is 15.5. The predicted molar refractivity (Wildman–Crippen MR) is 87.8 cm³/mol. The minimum atomic E-state index is -1.07. The summed E-state index contributed by atoms with van der Waals surface area (Å²) in [6, 6.07) is 8.64. The minimum Gasteiger partial charge on any atom is -0.478 e. The average Bonchev–Trinajstić information content (AvgIpc) is 2.84. The largest absolute Gasteiger partial charge is 0.478 e. The number of aryl methyl sites for hydroxylation is 1. The molecule has 1 heterocycles. The Morgan fingerprint density at radius 1 is 1.29 bits per heavy atom. The highest BCUT2D eigenvalue weighted by Crippen LogP contribution is 2.23. The fourth-order valence-corrected chi connectivity index (χ4v) is 3.08. The number of rotatable bonds is 4. The molecule has 0 atom stereocenters. The molecule has 0 aliphatic rings. The molecule has 2 rings (SSSR count). The molecule has 0 spiro atoms. The third kappa shape index (κ3) is 4.03. The standard InChI is InChI=1S/C15H12BrNO3S/c1-9-3-2-4-11(15(19)20)14(9)17-13(18)8-6-10-5-7-12(16)21-10/h2-8H,1H3,(H,17,18)(H,19,20)/b8-6+. The van der Waals surface area contributed by atoms with E-state index in [-0.39, 0.29) is 11.5 Å². The highest BCUT2D eigenvalue weighted by Gasteiger charge is 2.13. The molecule has 0 saturated heterocycles. The number of anilines is 1. The molecule has 2 N–H and O–H groups in total. The van der Waals surface area contributed by atoms with Gasteiger partial charge >= 0.3 is 5.97 Å². The second-order valence-corrected chi connectivity index (χ2v) is 6.76. The maximum absolute atomic E-state index is 11.9. The van der Waals surface area contributed by atoms with E-state index in [1.165, 1.54) is 23.5 Å². The number of hydrogen-bond donors (Lipinski definition) is 2. The summed E-state index contributed by atoms with van der Waals surface area (Å²) < 4.78 is 0.981. The van der Waals surface area contributed by atoms with Crippen molar-refractivity contribution >= 4 is 50.9 Å². The van der Waals surface area contributed by atoms with Gasteiger partial charge in [-0.3, -0.25) is 4.79 Å². The molecule has 2 aromatic rings. The molecule has 1 aromatic carbocycles. The number of nitrogens with one attached hydrogen (secondary N) is 1. The molecule has 1 amide bonds. The summed E-state index contributed by atoms with van der Waals surface area (Å²) in [6.07, 6.45) is 3.07. The average molecular weight is 366 g/mol. The second kappa shape index (κ2) is 6.69. The van der Waals surface area contributed by atoms with Crippen LogP contribution >= 0.6 is 27.3 Å². The van der Waals surface area contributed by atoms with Gasteiger partial charge in [0.05, 0.1) is 15.0 Å². The summed E-state index contributed by atoms with van der Waals surface area (Å²) >= 11 is 4.85. The second-order valence-electron chi connectivity index (χ2n) is 4.27. The number of carboxylic acid groups (broad SMARTS) is 1. The number of para-hydroxylation sites is 1. The first-order valence-corrected chi connectivity index (χ1v) is 7.65. The number of thiophene rings is 1. The van der Waals surface area contributed by atoms with Crippen molar-refractivity contribution in [3.63, 3.8) is 0 Å². The van der Waals surface area contributed by atoms with Crippen LogP contribution in [0.4, 0.5) is 5.69 Å². The molecule has 0 aliphatic heterocycles. The van der Waals surface area contributed by atoms with Gasteiger partial charge in [0.1, 0.15) is 0 Å². The molecule has 1 aromatic heterocycles. The lowest BCUT2D eigenvalue weighted by Gasteiger charge is -2.09. The number of carbonyl (C=O) groups excluding carboxylic acids is 1. The van der Waals surface area contributed by atoms with Crippen LogP contribution in [-0.4, -0.2) is 17.0 Å². The highest BCUT2D eigenvalue weighted by atomic mass is 79.9. The van der Waals surface area contributed by atoms with Gasteiger partial charge < -0.3 is 10.4 Å². The van der Waals surface area contributed by atoms with Gasteiger partial charge in [-0.05, 0) is 52.7 Å². The van der Waals surface area contributed by atoms with E-state index in [0.29, 0.717) is 11.3 Å². The van der Waals surface area contributed by atoms with Crippen molar-refractivity contribution in [2.24, 2.45) is 0 Å². The molecule has 0 bridgehead atoms. The lowest BCUT2D eigenvalue weighted by molar-refractivity contribution is -0.111. The van der Waals surface area contributed by atoms with Gasteiger partial charge in [-0.1, -0.05) is 12.1 Å². The third-order valence-electron chi connectivity index (χ3n) is 2.74. The Bertz CT molecular complexity index is 721. The van der Waals surface area contributed by atoms with Crippen LogP contribution in [0.3, 0.4) is 0 Å². The first-order valence-electron chi connectivity index (χ1n) is 6.04. The molecule has 0 radical (unpaired) electrons. The molecule has 0 saturated carbocycles. The van der Waals surface area contributed by atoms with Gasteiger partial charge in [0.25, 0.3) is 0 Å². The van der Waals surface area contributed by atoms with E-state index in [9.17, 15) is 9.59 Å². The fourth-order valence-electron chi connectivity index (χ4n) is 1.75. The molecular weight excluding hydrogens is 354 g/mol. The summed E-state index contributed by atoms with van der Waals surface area (Å²) in [7, 11) is 0. The van der Waals surface area contributed by atoms with E-state index in [4.69, 9.17) is 5.11 Å². The normalized spacial score (nSPS) is 10.8. The maximum Gasteiger partial charge on any atom is 0.337 e. The Hall–Kier alpha value is -1.92. The molecule has 108 valence electrons. The van der Waals surface area contributed by atoms with E-state index >= 15 is 0 Å². The zero-order valence-corrected chi connectivity index (χ0v) is 13.5. The maximum atomic E-state index is 11.9. The molecule has 4 nitrogen and oxygen atoms in total. The van der Waals surface area contributed by atoms with E-state index in [2.05, 4.69) is 21.2 Å². The Balaban J connectivity index is 2.16. The van der Waals surface area contributed by atoms with E-state index in [0.717, 1.165) is 8.66 Å². The van der Waals surface area contributed by atoms with E-state index in [1.54, 1.807) is 25.1 Å². The van der Waals surface area contributed by atoms with Crippen LogP contribution in [0.25, 0.3) is 6.08 Å². The number of carboxylic acids is 1. The van der Waals surface area contributed by atoms with Gasteiger partial charge in [-0.25, -0.2) is 4.79 Å². The Morgan fingerprint density at radius 3 is 2.67 bits per heavy atom. The summed E-state index contributed by atoms with van der Waals surface area (Å²) in [6.45, 7) is 1.75. The summed E-state index contributed by atoms with van der Waals surface area (Å²) in [5.74, 6) is -1.43. The number of halogens is 1. The van der Waals surface area contributed by atoms with Crippen LogP contribution in [0.15, 0.2) is 40.2 Å². The molecule has 21 heavy (non-hydrogen) atoms. The van der Waals surface area contributed by atoms with Crippen molar-refractivity contribution in [2.45, 2.75) is 6.92 Å². The zero-order valence-electron chi connectivity index (χ0n) is 11.1. The SMILES string of the molecule is Cc1cccc(C(=O)O)c1NC(=O)/C=C/c1ccc(Br)s1. The van der Waals surface area contributed by atoms with Gasteiger partial charge in [0.15, 0.2) is 0 Å². The van der Waals surface area contributed by atoms with E-state index < -0.39 is 5.97 Å². The Morgan fingerprint density at radius 2 is 2.05 bits per heavy atom. The predicted octanol–water partition coefficient (Wildman–Crippen LogP) is 4.17. The van der Waals surface area contributed by atoms with Crippen LogP contribution in [0, 0.1) is 6.92 Å². The topological polar surface area (TPSA) is 66.4 Å². The Labute approximate surface area is 134 Å². The van der Waals surface area contributed by atoms with Crippen LogP contribution in [0.1, 0.15) is 20.8 Å². The van der Waals surface area contributed by atoms with Crippen molar-refractivity contribution in [2.75, 3.05) is 5.32 Å². The van der Waals surface area contributed by atoms with Crippen molar-refractivity contribution < 1.29 is 14.7 Å². The van der Waals surface area contributed by atoms with Crippen molar-refractivity contribution in [1.82, 2.24) is 0 Å². The third-order valence-corrected chi connectivity index (χ3v) is 4.33. The fraction of sp³-hybridized carbons (Fsp3) is 0.0667. The van der Waals surface area contributed by atoms with Crippen LogP contribution < -0.4 is 5.32 Å².